The van der Waals surface area contributed by atoms with Crippen molar-refractivity contribution in [2.45, 2.75) is 13.1 Å². The number of halogens is 1. The summed E-state index contributed by atoms with van der Waals surface area (Å²) in [4.78, 5) is 10.5. The highest BCUT2D eigenvalue weighted by molar-refractivity contribution is 5.72. The van der Waals surface area contributed by atoms with Crippen LogP contribution in [0, 0.1) is 5.92 Å². The molecule has 0 aromatic heterocycles. The number of hydrogen-bond donors (Lipinski definition) is 2. The second-order valence-corrected chi connectivity index (χ2v) is 2.87. The Balaban J connectivity index is 2.20. The molecule has 0 bridgehead atoms. The molecule has 1 aliphatic heterocycles. The Hall–Kier alpha value is -0.640. The predicted octanol–water partition coefficient (Wildman–Crippen LogP) is -0.320. The zero-order valence-electron chi connectivity index (χ0n) is 6.56. The molecule has 0 spiro atoms. The molecule has 0 aliphatic carbocycles. The van der Waals surface area contributed by atoms with Gasteiger partial charge in [0.25, 0.3) is 0 Å². The number of carbonyl (C=O) groups excluding carboxylic acids is 1. The maximum Gasteiger partial charge on any atom is 0.216 e. The molecule has 1 heterocycles. The van der Waals surface area contributed by atoms with E-state index in [0.717, 1.165) is 0 Å². The lowest BCUT2D eigenvalue weighted by Gasteiger charge is -2.10. The van der Waals surface area contributed by atoms with E-state index >= 15 is 0 Å². The normalized spacial score (nSPS) is 30.4. The average Bonchev–Trinajstić information content (AvgIpc) is 2.31. The fourth-order valence-corrected chi connectivity index (χ4v) is 1.18. The monoisotopic (exact) mass is 160 g/mol. The van der Waals surface area contributed by atoms with Crippen molar-refractivity contribution >= 4 is 5.91 Å². The number of carbonyl (C=O) groups is 1. The highest BCUT2D eigenvalue weighted by Gasteiger charge is 2.26. The van der Waals surface area contributed by atoms with Gasteiger partial charge in [-0.2, -0.15) is 0 Å². The molecular weight excluding hydrogens is 147 g/mol. The lowest BCUT2D eigenvalue weighted by atomic mass is 10.1. The minimum absolute atomic E-state index is 0.0427. The van der Waals surface area contributed by atoms with E-state index in [-0.39, 0.29) is 11.8 Å². The Morgan fingerprint density at radius 1 is 1.73 bits per heavy atom. The number of amides is 1. The van der Waals surface area contributed by atoms with Gasteiger partial charge in [-0.05, 0) is 0 Å². The fraction of sp³-hybridized carbons (Fsp3) is 0.857. The van der Waals surface area contributed by atoms with Gasteiger partial charge >= 0.3 is 0 Å². The summed E-state index contributed by atoms with van der Waals surface area (Å²) < 4.78 is 12.8. The van der Waals surface area contributed by atoms with Gasteiger partial charge in [-0.1, -0.05) is 0 Å². The van der Waals surface area contributed by atoms with Crippen LogP contribution in [0.25, 0.3) is 0 Å². The molecule has 0 aromatic rings. The average molecular weight is 160 g/mol. The van der Waals surface area contributed by atoms with Crippen molar-refractivity contribution in [1.82, 2.24) is 10.6 Å². The maximum atomic E-state index is 12.8. The van der Waals surface area contributed by atoms with Gasteiger partial charge in [0.2, 0.25) is 5.91 Å². The third-order valence-corrected chi connectivity index (χ3v) is 1.87. The van der Waals surface area contributed by atoms with Crippen LogP contribution in [0.5, 0.6) is 0 Å². The molecule has 3 nitrogen and oxygen atoms in total. The van der Waals surface area contributed by atoms with Gasteiger partial charge < -0.3 is 10.6 Å². The minimum atomic E-state index is -0.804. The predicted molar refractivity (Wildman–Crippen MR) is 39.9 cm³/mol. The molecular formula is C7H13FN2O. The summed E-state index contributed by atoms with van der Waals surface area (Å²) in [5.41, 5.74) is 0. The van der Waals surface area contributed by atoms with Gasteiger partial charge in [0, 0.05) is 32.5 Å². The second kappa shape index (κ2) is 3.67. The van der Waals surface area contributed by atoms with Crippen LogP contribution in [0.1, 0.15) is 6.92 Å². The van der Waals surface area contributed by atoms with E-state index in [1.807, 2.05) is 0 Å². The first kappa shape index (κ1) is 8.46. The summed E-state index contributed by atoms with van der Waals surface area (Å²) in [5.74, 6) is -0.136. The molecule has 11 heavy (non-hydrogen) atoms. The van der Waals surface area contributed by atoms with Crippen LogP contribution in [-0.4, -0.2) is 31.7 Å². The largest absolute Gasteiger partial charge is 0.356 e. The summed E-state index contributed by atoms with van der Waals surface area (Å²) in [5, 5.41) is 5.52. The van der Waals surface area contributed by atoms with Crippen molar-refractivity contribution in [2.75, 3.05) is 19.6 Å². The SMILES string of the molecule is CC(=O)NC[C@@H]1CNC[C@@H]1F. The molecule has 2 atom stereocenters. The minimum Gasteiger partial charge on any atom is -0.356 e. The first-order valence-electron chi connectivity index (χ1n) is 3.79. The van der Waals surface area contributed by atoms with Crippen LogP contribution in [0.4, 0.5) is 4.39 Å². The second-order valence-electron chi connectivity index (χ2n) is 2.87. The van der Waals surface area contributed by atoms with Crippen molar-refractivity contribution in [3.05, 3.63) is 0 Å². The summed E-state index contributed by atoms with van der Waals surface area (Å²) in [6.07, 6.45) is -0.804. The number of nitrogens with one attached hydrogen (secondary N) is 2. The lowest BCUT2D eigenvalue weighted by Crippen LogP contribution is -2.31. The van der Waals surface area contributed by atoms with Gasteiger partial charge in [-0.25, -0.2) is 4.39 Å². The number of hydrogen-bond acceptors (Lipinski definition) is 2. The summed E-state index contributed by atoms with van der Waals surface area (Å²) in [6.45, 7) is 2.98. The number of alkyl halides is 1. The molecule has 64 valence electrons. The topological polar surface area (TPSA) is 41.1 Å². The maximum absolute atomic E-state index is 12.8. The number of rotatable bonds is 2. The first-order chi connectivity index (χ1) is 5.20. The van der Waals surface area contributed by atoms with E-state index in [9.17, 15) is 9.18 Å². The van der Waals surface area contributed by atoms with Gasteiger partial charge in [-0.15, -0.1) is 0 Å². The van der Waals surface area contributed by atoms with Crippen LogP contribution in [0.15, 0.2) is 0 Å². The van der Waals surface area contributed by atoms with Crippen LogP contribution in [0.3, 0.4) is 0 Å². The molecule has 0 radical (unpaired) electrons. The Labute approximate surface area is 65.3 Å². The van der Waals surface area contributed by atoms with E-state index < -0.39 is 6.17 Å². The molecule has 4 heteroatoms. The summed E-state index contributed by atoms with van der Waals surface area (Å²) in [7, 11) is 0. The molecule has 2 N–H and O–H groups in total. The molecule has 1 saturated heterocycles. The fourth-order valence-electron chi connectivity index (χ4n) is 1.18. The Bertz CT molecular complexity index is 151. The van der Waals surface area contributed by atoms with Gasteiger partial charge in [0.1, 0.15) is 6.17 Å². The van der Waals surface area contributed by atoms with E-state index in [2.05, 4.69) is 10.6 Å². The third kappa shape index (κ3) is 2.46. The van der Waals surface area contributed by atoms with Crippen LogP contribution < -0.4 is 10.6 Å². The smallest absolute Gasteiger partial charge is 0.216 e. The van der Waals surface area contributed by atoms with Gasteiger partial charge in [0.15, 0.2) is 0 Å². The third-order valence-electron chi connectivity index (χ3n) is 1.87. The van der Waals surface area contributed by atoms with Gasteiger partial charge in [0.05, 0.1) is 0 Å². The van der Waals surface area contributed by atoms with E-state index in [1.165, 1.54) is 6.92 Å². The van der Waals surface area contributed by atoms with Crippen LogP contribution >= 0.6 is 0 Å². The van der Waals surface area contributed by atoms with Crippen molar-refractivity contribution in [1.29, 1.82) is 0 Å². The Kier molecular flexibility index (Phi) is 2.82. The highest BCUT2D eigenvalue weighted by atomic mass is 19.1. The Morgan fingerprint density at radius 2 is 2.45 bits per heavy atom. The summed E-state index contributed by atoms with van der Waals surface area (Å²) in [6, 6.07) is 0. The molecule has 1 aliphatic rings. The molecule has 1 rings (SSSR count). The van der Waals surface area contributed by atoms with Crippen molar-refractivity contribution in [3.8, 4) is 0 Å². The lowest BCUT2D eigenvalue weighted by molar-refractivity contribution is -0.119. The van der Waals surface area contributed by atoms with Crippen molar-refractivity contribution in [3.63, 3.8) is 0 Å². The van der Waals surface area contributed by atoms with Crippen molar-refractivity contribution in [2.24, 2.45) is 5.92 Å². The Morgan fingerprint density at radius 3 is 2.91 bits per heavy atom. The van der Waals surface area contributed by atoms with Gasteiger partial charge in [-0.3, -0.25) is 4.79 Å². The quantitative estimate of drug-likeness (QED) is 0.581. The van der Waals surface area contributed by atoms with E-state index in [0.29, 0.717) is 19.6 Å². The van der Waals surface area contributed by atoms with E-state index in [4.69, 9.17) is 0 Å². The molecule has 0 saturated carbocycles. The van der Waals surface area contributed by atoms with Crippen LogP contribution in [-0.2, 0) is 4.79 Å². The van der Waals surface area contributed by atoms with Crippen molar-refractivity contribution < 1.29 is 9.18 Å². The first-order valence-corrected chi connectivity index (χ1v) is 3.79. The highest BCUT2D eigenvalue weighted by Crippen LogP contribution is 2.10. The van der Waals surface area contributed by atoms with Crippen LogP contribution in [0.2, 0.25) is 0 Å². The van der Waals surface area contributed by atoms with E-state index in [1.54, 1.807) is 0 Å². The molecule has 1 amide bonds. The molecule has 0 aromatic carbocycles. The standard InChI is InChI=1S/C7H13FN2O/c1-5(11)10-3-6-2-9-4-7(6)8/h6-7,9H,2-4H2,1H3,(H,10,11)/t6-,7-/m0/s1. The molecule has 0 unspecified atom stereocenters. The molecule has 1 fully saturated rings. The zero-order valence-corrected chi connectivity index (χ0v) is 6.56. The zero-order chi connectivity index (χ0) is 8.27. The summed E-state index contributed by atoms with van der Waals surface area (Å²) >= 11 is 0.